The largest absolute Gasteiger partial charge is 0.396 e. The molecule has 0 aromatic rings. The smallest absolute Gasteiger partial charge is 0.0576 e. The first-order chi connectivity index (χ1) is 7.88. The zero-order valence-electron chi connectivity index (χ0n) is 10.2. The van der Waals surface area contributed by atoms with Gasteiger partial charge in [-0.1, -0.05) is 0 Å². The zero-order chi connectivity index (χ0) is 11.2. The predicted octanol–water partition coefficient (Wildman–Crippen LogP) is 1.65. The minimum atomic E-state index is 0.363. The second kappa shape index (κ2) is 6.58. The summed E-state index contributed by atoms with van der Waals surface area (Å²) in [7, 11) is 0. The fourth-order valence-corrected chi connectivity index (χ4v) is 2.92. The van der Waals surface area contributed by atoms with E-state index in [2.05, 4.69) is 4.90 Å². The van der Waals surface area contributed by atoms with Crippen molar-refractivity contribution in [3.8, 4) is 0 Å². The van der Waals surface area contributed by atoms with Crippen LogP contribution in [-0.2, 0) is 4.74 Å². The van der Waals surface area contributed by atoms with Crippen LogP contribution in [0.25, 0.3) is 0 Å². The van der Waals surface area contributed by atoms with Crippen LogP contribution in [0.15, 0.2) is 0 Å². The highest BCUT2D eigenvalue weighted by atomic mass is 16.5. The molecule has 0 aromatic carbocycles. The number of likely N-dealkylation sites (tertiary alicyclic amines) is 1. The Labute approximate surface area is 98.8 Å². The Kier molecular flexibility index (Phi) is 5.07. The Hall–Kier alpha value is -0.120. The summed E-state index contributed by atoms with van der Waals surface area (Å²) in [6.45, 7) is 4.85. The van der Waals surface area contributed by atoms with Crippen LogP contribution in [0.2, 0.25) is 0 Å². The van der Waals surface area contributed by atoms with E-state index in [1.165, 1.54) is 51.6 Å². The van der Waals surface area contributed by atoms with Gasteiger partial charge in [0.15, 0.2) is 0 Å². The lowest BCUT2D eigenvalue weighted by Crippen LogP contribution is -2.37. The molecule has 94 valence electrons. The molecule has 3 heteroatoms. The summed E-state index contributed by atoms with van der Waals surface area (Å²) in [4.78, 5) is 2.51. The van der Waals surface area contributed by atoms with Crippen molar-refractivity contribution in [1.82, 2.24) is 4.90 Å². The van der Waals surface area contributed by atoms with Gasteiger partial charge >= 0.3 is 0 Å². The van der Waals surface area contributed by atoms with Gasteiger partial charge in [-0.2, -0.15) is 0 Å². The van der Waals surface area contributed by atoms with Crippen molar-refractivity contribution in [3.63, 3.8) is 0 Å². The average Bonchev–Trinajstić information content (AvgIpc) is 2.82. The number of ether oxygens (including phenoxy) is 1. The van der Waals surface area contributed by atoms with Crippen molar-refractivity contribution >= 4 is 0 Å². The van der Waals surface area contributed by atoms with Crippen molar-refractivity contribution in [2.45, 2.75) is 44.6 Å². The molecule has 3 nitrogen and oxygen atoms in total. The molecule has 2 fully saturated rings. The molecule has 2 rings (SSSR count). The Morgan fingerprint density at radius 1 is 1.25 bits per heavy atom. The molecule has 2 aliphatic heterocycles. The first kappa shape index (κ1) is 12.3. The fraction of sp³-hybridized carbons (Fsp3) is 1.00. The molecule has 0 aromatic heterocycles. The monoisotopic (exact) mass is 227 g/mol. The van der Waals surface area contributed by atoms with Crippen molar-refractivity contribution in [2.24, 2.45) is 5.92 Å². The topological polar surface area (TPSA) is 32.7 Å². The summed E-state index contributed by atoms with van der Waals surface area (Å²) in [6.07, 6.45) is 7.99. The summed E-state index contributed by atoms with van der Waals surface area (Å²) < 4.78 is 5.63. The number of piperidine rings is 1. The summed E-state index contributed by atoms with van der Waals surface area (Å²) >= 11 is 0. The van der Waals surface area contributed by atoms with E-state index in [0.29, 0.717) is 18.6 Å². The van der Waals surface area contributed by atoms with E-state index in [1.54, 1.807) is 0 Å². The maximum Gasteiger partial charge on any atom is 0.0576 e. The molecule has 1 N–H and O–H groups in total. The normalized spacial score (nSPS) is 32.1. The third-order valence-electron chi connectivity index (χ3n) is 3.89. The molecule has 2 atom stereocenters. The highest BCUT2D eigenvalue weighted by Gasteiger charge is 2.20. The fourth-order valence-electron chi connectivity index (χ4n) is 2.92. The lowest BCUT2D eigenvalue weighted by atomic mass is 9.98. The van der Waals surface area contributed by atoms with Crippen LogP contribution >= 0.6 is 0 Å². The summed E-state index contributed by atoms with van der Waals surface area (Å²) in [6, 6.07) is 0. The van der Waals surface area contributed by atoms with Crippen LogP contribution < -0.4 is 0 Å². The number of aliphatic hydroxyl groups is 1. The van der Waals surface area contributed by atoms with Gasteiger partial charge in [-0.05, 0) is 57.5 Å². The molecule has 2 saturated heterocycles. The standard InChI is InChI=1S/C13H25NO2/c15-11-12-4-1-7-14(10-12)8-2-5-13-6-3-9-16-13/h12-13,15H,1-11H2. The van der Waals surface area contributed by atoms with Gasteiger partial charge in [0, 0.05) is 19.8 Å². The van der Waals surface area contributed by atoms with E-state index in [0.717, 1.165) is 13.2 Å². The van der Waals surface area contributed by atoms with Crippen molar-refractivity contribution in [1.29, 1.82) is 0 Å². The number of rotatable bonds is 5. The van der Waals surface area contributed by atoms with Crippen LogP contribution in [0, 0.1) is 5.92 Å². The SMILES string of the molecule is OCC1CCCN(CCCC2CCCO2)C1. The lowest BCUT2D eigenvalue weighted by molar-refractivity contribution is 0.0894. The first-order valence-corrected chi connectivity index (χ1v) is 6.83. The molecule has 2 heterocycles. The third kappa shape index (κ3) is 3.72. The molecule has 16 heavy (non-hydrogen) atoms. The van der Waals surface area contributed by atoms with Gasteiger partial charge in [0.2, 0.25) is 0 Å². The lowest BCUT2D eigenvalue weighted by Gasteiger charge is -2.31. The highest BCUT2D eigenvalue weighted by molar-refractivity contribution is 4.73. The minimum Gasteiger partial charge on any atom is -0.396 e. The number of hydrogen-bond acceptors (Lipinski definition) is 3. The molecule has 2 aliphatic rings. The quantitative estimate of drug-likeness (QED) is 0.775. The predicted molar refractivity (Wildman–Crippen MR) is 64.5 cm³/mol. The number of hydrogen-bond donors (Lipinski definition) is 1. The van der Waals surface area contributed by atoms with Gasteiger partial charge in [0.25, 0.3) is 0 Å². The van der Waals surface area contributed by atoms with E-state index in [9.17, 15) is 0 Å². The molecular weight excluding hydrogens is 202 g/mol. The second-order valence-corrected chi connectivity index (χ2v) is 5.27. The van der Waals surface area contributed by atoms with Gasteiger partial charge in [0.1, 0.15) is 0 Å². The number of nitrogens with zero attached hydrogens (tertiary/aromatic N) is 1. The number of aliphatic hydroxyl groups excluding tert-OH is 1. The van der Waals surface area contributed by atoms with E-state index >= 15 is 0 Å². The van der Waals surface area contributed by atoms with Gasteiger partial charge in [-0.3, -0.25) is 0 Å². The Morgan fingerprint density at radius 2 is 2.19 bits per heavy atom. The van der Waals surface area contributed by atoms with Crippen LogP contribution in [0.1, 0.15) is 38.5 Å². The van der Waals surface area contributed by atoms with Gasteiger partial charge in [0.05, 0.1) is 6.10 Å². The molecule has 0 amide bonds. The second-order valence-electron chi connectivity index (χ2n) is 5.27. The van der Waals surface area contributed by atoms with Crippen LogP contribution in [0.5, 0.6) is 0 Å². The van der Waals surface area contributed by atoms with E-state index in [1.807, 2.05) is 0 Å². The van der Waals surface area contributed by atoms with E-state index in [-0.39, 0.29) is 0 Å². The van der Waals surface area contributed by atoms with Gasteiger partial charge in [-0.25, -0.2) is 0 Å². The first-order valence-electron chi connectivity index (χ1n) is 6.83. The Bertz CT molecular complexity index is 192. The van der Waals surface area contributed by atoms with Crippen molar-refractivity contribution < 1.29 is 9.84 Å². The molecule has 2 unspecified atom stereocenters. The maximum absolute atomic E-state index is 9.16. The molecular formula is C13H25NO2. The Balaban J connectivity index is 1.58. The third-order valence-corrected chi connectivity index (χ3v) is 3.89. The summed E-state index contributed by atoms with van der Waals surface area (Å²) in [5, 5.41) is 9.16. The maximum atomic E-state index is 9.16. The van der Waals surface area contributed by atoms with Crippen molar-refractivity contribution in [2.75, 3.05) is 32.8 Å². The minimum absolute atomic E-state index is 0.363. The molecule has 0 bridgehead atoms. The molecule has 0 spiro atoms. The van der Waals surface area contributed by atoms with Gasteiger partial charge in [-0.15, -0.1) is 0 Å². The average molecular weight is 227 g/mol. The zero-order valence-corrected chi connectivity index (χ0v) is 10.2. The van der Waals surface area contributed by atoms with Gasteiger partial charge < -0.3 is 14.7 Å². The van der Waals surface area contributed by atoms with Crippen LogP contribution in [-0.4, -0.2) is 49.0 Å². The molecule has 0 aliphatic carbocycles. The molecule has 0 saturated carbocycles. The van der Waals surface area contributed by atoms with Crippen LogP contribution in [0.4, 0.5) is 0 Å². The van der Waals surface area contributed by atoms with E-state index < -0.39 is 0 Å². The van der Waals surface area contributed by atoms with E-state index in [4.69, 9.17) is 9.84 Å². The van der Waals surface area contributed by atoms with Crippen LogP contribution in [0.3, 0.4) is 0 Å². The van der Waals surface area contributed by atoms with Crippen molar-refractivity contribution in [3.05, 3.63) is 0 Å². The summed E-state index contributed by atoms with van der Waals surface area (Å²) in [5.74, 6) is 0.525. The summed E-state index contributed by atoms with van der Waals surface area (Å²) in [5.41, 5.74) is 0. The Morgan fingerprint density at radius 3 is 2.94 bits per heavy atom. The highest BCUT2D eigenvalue weighted by Crippen LogP contribution is 2.19. The molecule has 0 radical (unpaired) electrons.